The highest BCUT2D eigenvalue weighted by molar-refractivity contribution is 5.70. The van der Waals surface area contributed by atoms with Gasteiger partial charge < -0.3 is 10.4 Å². The molecule has 2 atom stereocenters. The van der Waals surface area contributed by atoms with Gasteiger partial charge in [-0.15, -0.1) is 0 Å². The van der Waals surface area contributed by atoms with Crippen molar-refractivity contribution < 1.29 is 9.90 Å². The van der Waals surface area contributed by atoms with Crippen molar-refractivity contribution in [3.05, 3.63) is 0 Å². The third-order valence-corrected chi connectivity index (χ3v) is 4.55. The zero-order valence-corrected chi connectivity index (χ0v) is 13.5. The van der Waals surface area contributed by atoms with Gasteiger partial charge in [-0.3, -0.25) is 4.79 Å². The highest BCUT2D eigenvalue weighted by atomic mass is 16.4. The van der Waals surface area contributed by atoms with E-state index in [9.17, 15) is 9.90 Å². The van der Waals surface area contributed by atoms with Gasteiger partial charge in [-0.2, -0.15) is 0 Å². The summed E-state index contributed by atoms with van der Waals surface area (Å²) in [6.07, 6.45) is 10.3. The topological polar surface area (TPSA) is 49.3 Å². The minimum atomic E-state index is -0.661. The number of hydrogen-bond donors (Lipinski definition) is 2. The van der Waals surface area contributed by atoms with Crippen LogP contribution in [0.25, 0.3) is 0 Å². The molecule has 3 heteroatoms. The average molecular weight is 283 g/mol. The van der Waals surface area contributed by atoms with E-state index in [1.54, 1.807) is 0 Å². The third-order valence-electron chi connectivity index (χ3n) is 4.55. The normalized spacial score (nSPS) is 20.0. The lowest BCUT2D eigenvalue weighted by molar-refractivity contribution is -0.142. The van der Waals surface area contributed by atoms with Crippen LogP contribution in [0.1, 0.15) is 72.1 Å². The van der Waals surface area contributed by atoms with E-state index in [0.717, 1.165) is 12.3 Å². The molecule has 2 unspecified atom stereocenters. The van der Waals surface area contributed by atoms with Crippen molar-refractivity contribution in [2.75, 3.05) is 6.54 Å². The minimum Gasteiger partial charge on any atom is -0.481 e. The predicted molar refractivity (Wildman–Crippen MR) is 83.9 cm³/mol. The van der Waals surface area contributed by atoms with Crippen LogP contribution in [-0.2, 0) is 4.79 Å². The van der Waals surface area contributed by atoms with Crippen LogP contribution in [0.5, 0.6) is 0 Å². The molecule has 1 saturated carbocycles. The molecule has 118 valence electrons. The van der Waals surface area contributed by atoms with Crippen LogP contribution in [0.3, 0.4) is 0 Å². The summed E-state index contributed by atoms with van der Waals surface area (Å²) in [5.41, 5.74) is 0. The molecule has 0 aliphatic heterocycles. The Labute approximate surface area is 124 Å². The first-order valence-electron chi connectivity index (χ1n) is 8.45. The van der Waals surface area contributed by atoms with E-state index in [1.165, 1.54) is 44.9 Å². The van der Waals surface area contributed by atoms with Gasteiger partial charge in [-0.05, 0) is 38.0 Å². The monoisotopic (exact) mass is 283 g/mol. The molecule has 0 spiro atoms. The fourth-order valence-corrected chi connectivity index (χ4v) is 3.25. The molecule has 0 aromatic heterocycles. The lowest BCUT2D eigenvalue weighted by Crippen LogP contribution is -2.35. The second-order valence-electron chi connectivity index (χ2n) is 7.06. The summed E-state index contributed by atoms with van der Waals surface area (Å²) in [4.78, 5) is 11.2. The van der Waals surface area contributed by atoms with Crippen LogP contribution in [0, 0.1) is 17.8 Å². The van der Waals surface area contributed by atoms with E-state index in [2.05, 4.69) is 26.1 Å². The molecule has 0 aromatic carbocycles. The van der Waals surface area contributed by atoms with Gasteiger partial charge >= 0.3 is 5.97 Å². The molecule has 20 heavy (non-hydrogen) atoms. The third kappa shape index (κ3) is 7.28. The van der Waals surface area contributed by atoms with Crippen molar-refractivity contribution in [1.29, 1.82) is 0 Å². The van der Waals surface area contributed by atoms with E-state index in [0.29, 0.717) is 18.5 Å². The maximum absolute atomic E-state index is 11.2. The second-order valence-corrected chi connectivity index (χ2v) is 7.06. The molecule has 0 bridgehead atoms. The van der Waals surface area contributed by atoms with E-state index < -0.39 is 5.97 Å². The van der Waals surface area contributed by atoms with Crippen molar-refractivity contribution in [1.82, 2.24) is 5.32 Å². The Morgan fingerprint density at radius 2 is 1.85 bits per heavy atom. The Morgan fingerprint density at radius 3 is 2.40 bits per heavy atom. The second kappa shape index (κ2) is 9.38. The molecule has 0 aromatic rings. The number of carboxylic acid groups (broad SMARTS) is 1. The van der Waals surface area contributed by atoms with Crippen LogP contribution in [0.15, 0.2) is 0 Å². The number of carbonyl (C=O) groups is 1. The molecular weight excluding hydrogens is 250 g/mol. The molecular formula is C17H33NO2. The summed E-state index contributed by atoms with van der Waals surface area (Å²) < 4.78 is 0. The van der Waals surface area contributed by atoms with E-state index in [-0.39, 0.29) is 5.92 Å². The van der Waals surface area contributed by atoms with E-state index >= 15 is 0 Å². The lowest BCUT2D eigenvalue weighted by atomic mass is 9.85. The Morgan fingerprint density at radius 1 is 1.20 bits per heavy atom. The number of rotatable bonds is 9. The quantitative estimate of drug-likeness (QED) is 0.670. The van der Waals surface area contributed by atoms with Gasteiger partial charge in [0.05, 0.1) is 5.92 Å². The number of hydrogen-bond acceptors (Lipinski definition) is 2. The van der Waals surface area contributed by atoms with Crippen molar-refractivity contribution in [2.24, 2.45) is 17.8 Å². The van der Waals surface area contributed by atoms with Crippen LogP contribution < -0.4 is 5.32 Å². The van der Waals surface area contributed by atoms with Gasteiger partial charge in [0, 0.05) is 12.6 Å². The molecule has 1 aliphatic carbocycles. The SMILES string of the molecule is CC(C)CC(CNC(C)CCC1CCCCC1)C(=O)O. The standard InChI is InChI=1S/C17H33NO2/c1-13(2)11-16(17(19)20)12-18-14(3)9-10-15-7-5-4-6-8-15/h13-16,18H,4-12H2,1-3H3,(H,19,20). The number of nitrogens with one attached hydrogen (secondary N) is 1. The highest BCUT2D eigenvalue weighted by Gasteiger charge is 2.20. The maximum atomic E-state index is 11.2. The van der Waals surface area contributed by atoms with Gasteiger partial charge in [0.2, 0.25) is 0 Å². The van der Waals surface area contributed by atoms with E-state index in [4.69, 9.17) is 0 Å². The average Bonchev–Trinajstić information content (AvgIpc) is 2.41. The fourth-order valence-electron chi connectivity index (χ4n) is 3.25. The molecule has 3 nitrogen and oxygen atoms in total. The number of aliphatic carboxylic acids is 1. The van der Waals surface area contributed by atoms with Gasteiger partial charge in [0.15, 0.2) is 0 Å². The van der Waals surface area contributed by atoms with Gasteiger partial charge in [0.1, 0.15) is 0 Å². The molecule has 1 rings (SSSR count). The van der Waals surface area contributed by atoms with Crippen LogP contribution in [-0.4, -0.2) is 23.7 Å². The van der Waals surface area contributed by atoms with Crippen LogP contribution in [0.2, 0.25) is 0 Å². The summed E-state index contributed by atoms with van der Waals surface area (Å²) in [6, 6.07) is 0.436. The zero-order chi connectivity index (χ0) is 15.0. The first-order chi connectivity index (χ1) is 9.49. The summed E-state index contributed by atoms with van der Waals surface area (Å²) in [6.45, 7) is 6.97. The minimum absolute atomic E-state index is 0.243. The molecule has 0 heterocycles. The summed E-state index contributed by atoms with van der Waals surface area (Å²) in [7, 11) is 0. The summed E-state index contributed by atoms with van der Waals surface area (Å²) in [5.74, 6) is 0.451. The Kier molecular flexibility index (Phi) is 8.20. The van der Waals surface area contributed by atoms with Crippen molar-refractivity contribution in [3.63, 3.8) is 0 Å². The lowest BCUT2D eigenvalue weighted by Gasteiger charge is -2.24. The van der Waals surface area contributed by atoms with E-state index in [1.807, 2.05) is 0 Å². The van der Waals surface area contributed by atoms with Crippen LogP contribution >= 0.6 is 0 Å². The first-order valence-corrected chi connectivity index (χ1v) is 8.45. The Hall–Kier alpha value is -0.570. The van der Waals surface area contributed by atoms with Gasteiger partial charge in [0.25, 0.3) is 0 Å². The summed E-state index contributed by atoms with van der Waals surface area (Å²) >= 11 is 0. The largest absolute Gasteiger partial charge is 0.481 e. The maximum Gasteiger partial charge on any atom is 0.307 e. The van der Waals surface area contributed by atoms with Crippen molar-refractivity contribution in [3.8, 4) is 0 Å². The van der Waals surface area contributed by atoms with Crippen molar-refractivity contribution >= 4 is 5.97 Å². The fraction of sp³-hybridized carbons (Fsp3) is 0.941. The van der Waals surface area contributed by atoms with Crippen LogP contribution in [0.4, 0.5) is 0 Å². The van der Waals surface area contributed by atoms with Gasteiger partial charge in [-0.1, -0.05) is 46.0 Å². The molecule has 1 aliphatic rings. The molecule has 1 fully saturated rings. The smallest absolute Gasteiger partial charge is 0.307 e. The Bertz CT molecular complexity index is 272. The molecule has 0 radical (unpaired) electrons. The number of carboxylic acids is 1. The van der Waals surface area contributed by atoms with Gasteiger partial charge in [-0.25, -0.2) is 0 Å². The highest BCUT2D eigenvalue weighted by Crippen LogP contribution is 2.27. The zero-order valence-electron chi connectivity index (χ0n) is 13.5. The molecule has 0 amide bonds. The van der Waals surface area contributed by atoms with Crippen molar-refractivity contribution in [2.45, 2.75) is 78.2 Å². The molecule has 2 N–H and O–H groups in total. The predicted octanol–water partition coefficient (Wildman–Crippen LogP) is 4.07. The molecule has 0 saturated heterocycles. The summed E-state index contributed by atoms with van der Waals surface area (Å²) in [5, 5.41) is 12.7. The Balaban J connectivity index is 2.19. The first kappa shape index (κ1) is 17.5.